The van der Waals surface area contributed by atoms with Gasteiger partial charge in [0.2, 0.25) is 5.91 Å². The Balaban J connectivity index is 3.26. The molecule has 0 saturated carbocycles. The van der Waals surface area contributed by atoms with Gasteiger partial charge in [-0.3, -0.25) is 9.59 Å². The maximum absolute atomic E-state index is 11.8. The second-order valence-corrected chi connectivity index (χ2v) is 7.97. The Kier molecular flexibility index (Phi) is 19.8. The number of rotatable bonds is 20. The van der Waals surface area contributed by atoms with Crippen molar-refractivity contribution in [2.45, 2.75) is 122 Å². The first-order valence-electron chi connectivity index (χ1n) is 11.7. The number of esters is 1. The summed E-state index contributed by atoms with van der Waals surface area (Å²) in [6.45, 7) is 2.92. The molecule has 0 aromatic rings. The molecule has 0 aromatic carbocycles. The van der Waals surface area contributed by atoms with Crippen molar-refractivity contribution in [1.82, 2.24) is 5.32 Å². The molecule has 0 saturated heterocycles. The Morgan fingerprint density at radius 1 is 0.786 bits per heavy atom. The van der Waals surface area contributed by atoms with Crippen LogP contribution in [0.1, 0.15) is 116 Å². The molecule has 28 heavy (non-hydrogen) atoms. The minimum Gasteiger partial charge on any atom is -0.468 e. The first-order valence-corrected chi connectivity index (χ1v) is 11.7. The summed E-state index contributed by atoms with van der Waals surface area (Å²) in [5.74, 6) is -0.230. The van der Waals surface area contributed by atoms with Crippen molar-refractivity contribution < 1.29 is 14.3 Å². The van der Waals surface area contributed by atoms with Crippen LogP contribution in [-0.2, 0) is 14.3 Å². The molecule has 0 aliphatic heterocycles. The molecule has 0 fully saturated rings. The maximum Gasteiger partial charge on any atom is 0.322 e. The van der Waals surface area contributed by atoms with Gasteiger partial charge in [-0.05, 0) is 25.7 Å². The number of nitrogens with two attached hydrogens (primary N) is 1. The van der Waals surface area contributed by atoms with E-state index in [1.54, 1.807) is 0 Å². The maximum atomic E-state index is 11.8. The molecular weight excluding hydrogens is 352 g/mol. The summed E-state index contributed by atoms with van der Waals surface area (Å²) >= 11 is 0. The van der Waals surface area contributed by atoms with E-state index in [0.29, 0.717) is 19.4 Å². The molecule has 0 radical (unpaired) electrons. The Labute approximate surface area is 173 Å². The molecule has 0 aliphatic rings. The average Bonchev–Trinajstić information content (AvgIpc) is 2.70. The zero-order valence-corrected chi connectivity index (χ0v) is 18.6. The highest BCUT2D eigenvalue weighted by atomic mass is 16.5. The summed E-state index contributed by atoms with van der Waals surface area (Å²) in [5.41, 5.74) is 5.67. The van der Waals surface area contributed by atoms with E-state index >= 15 is 0 Å². The highest BCUT2D eigenvalue weighted by Gasteiger charge is 2.12. The Bertz CT molecular complexity index is 375. The Morgan fingerprint density at radius 2 is 1.29 bits per heavy atom. The Morgan fingerprint density at radius 3 is 1.79 bits per heavy atom. The summed E-state index contributed by atoms with van der Waals surface area (Å²) in [7, 11) is 1.35. The molecule has 5 heteroatoms. The van der Waals surface area contributed by atoms with E-state index in [4.69, 9.17) is 5.73 Å². The van der Waals surface area contributed by atoms with E-state index in [-0.39, 0.29) is 11.9 Å². The molecule has 0 aliphatic carbocycles. The van der Waals surface area contributed by atoms with E-state index in [1.165, 1.54) is 77.7 Å². The average molecular weight is 399 g/mol. The number of nitrogens with one attached hydrogen (secondary N) is 1. The molecule has 3 N–H and O–H groups in total. The van der Waals surface area contributed by atoms with Crippen LogP contribution in [0.25, 0.3) is 0 Å². The van der Waals surface area contributed by atoms with Gasteiger partial charge in [0, 0.05) is 13.0 Å². The molecule has 0 unspecified atom stereocenters. The topological polar surface area (TPSA) is 81.4 Å². The molecular formula is C23H46N2O3. The van der Waals surface area contributed by atoms with Crippen molar-refractivity contribution in [2.24, 2.45) is 5.73 Å². The largest absolute Gasteiger partial charge is 0.468 e. The first kappa shape index (κ1) is 26.9. The normalized spacial score (nSPS) is 12.0. The molecule has 0 heterocycles. The molecule has 0 bridgehead atoms. The fraction of sp³-hybridized carbons (Fsp3) is 0.913. The molecule has 166 valence electrons. The van der Waals surface area contributed by atoms with Gasteiger partial charge >= 0.3 is 5.97 Å². The quantitative estimate of drug-likeness (QED) is 0.217. The third-order valence-corrected chi connectivity index (χ3v) is 5.28. The van der Waals surface area contributed by atoms with Crippen LogP contribution in [0, 0.1) is 0 Å². The lowest BCUT2D eigenvalue weighted by atomic mass is 10.0. The zero-order valence-electron chi connectivity index (χ0n) is 18.6. The predicted octanol–water partition coefficient (Wildman–Crippen LogP) is 5.25. The fourth-order valence-corrected chi connectivity index (χ4v) is 3.38. The van der Waals surface area contributed by atoms with E-state index in [2.05, 4.69) is 17.0 Å². The van der Waals surface area contributed by atoms with Crippen LogP contribution in [0.3, 0.4) is 0 Å². The lowest BCUT2D eigenvalue weighted by Gasteiger charge is -2.09. The van der Waals surface area contributed by atoms with Crippen molar-refractivity contribution in [2.75, 3.05) is 13.7 Å². The molecule has 0 spiro atoms. The van der Waals surface area contributed by atoms with E-state index in [0.717, 1.165) is 25.7 Å². The third-order valence-electron chi connectivity index (χ3n) is 5.28. The number of amides is 1. The number of methoxy groups -OCH3 is 1. The van der Waals surface area contributed by atoms with Crippen LogP contribution in [0.5, 0.6) is 0 Å². The van der Waals surface area contributed by atoms with Crippen LogP contribution in [0.15, 0.2) is 0 Å². The number of unbranched alkanes of at least 4 members (excludes halogenated alkanes) is 13. The fourth-order valence-electron chi connectivity index (χ4n) is 3.38. The van der Waals surface area contributed by atoms with Crippen molar-refractivity contribution in [3.63, 3.8) is 0 Å². The SMILES string of the molecule is CCCCCCCCCCCCCCCC(=O)NCCCC[C@H](N)C(=O)OC. The standard InChI is InChI=1S/C23H46N2O3/c1-3-4-5-6-7-8-9-10-11-12-13-14-15-19-22(26)25-20-17-16-18-21(24)23(27)28-2/h21H,3-20,24H2,1-2H3,(H,25,26)/t21-/m0/s1. The minimum absolute atomic E-state index is 0.139. The Hall–Kier alpha value is -1.10. The lowest BCUT2D eigenvalue weighted by molar-refractivity contribution is -0.142. The number of hydrogen-bond donors (Lipinski definition) is 2. The minimum atomic E-state index is -0.550. The lowest BCUT2D eigenvalue weighted by Crippen LogP contribution is -2.31. The number of ether oxygens (including phenoxy) is 1. The van der Waals surface area contributed by atoms with Crippen molar-refractivity contribution >= 4 is 11.9 Å². The van der Waals surface area contributed by atoms with Crippen LogP contribution < -0.4 is 11.1 Å². The van der Waals surface area contributed by atoms with E-state index in [1.807, 2.05) is 0 Å². The van der Waals surface area contributed by atoms with Crippen molar-refractivity contribution in [3.05, 3.63) is 0 Å². The highest BCUT2D eigenvalue weighted by Crippen LogP contribution is 2.12. The summed E-state index contributed by atoms with van der Waals surface area (Å²) in [6, 6.07) is -0.550. The van der Waals surface area contributed by atoms with Crippen LogP contribution in [0.2, 0.25) is 0 Å². The van der Waals surface area contributed by atoms with Gasteiger partial charge in [-0.2, -0.15) is 0 Å². The number of hydrogen-bond acceptors (Lipinski definition) is 4. The van der Waals surface area contributed by atoms with Gasteiger partial charge in [-0.1, -0.05) is 84.0 Å². The second kappa shape index (κ2) is 20.6. The van der Waals surface area contributed by atoms with Gasteiger partial charge in [0.1, 0.15) is 6.04 Å². The van der Waals surface area contributed by atoms with Crippen molar-refractivity contribution in [1.29, 1.82) is 0 Å². The van der Waals surface area contributed by atoms with Crippen LogP contribution in [-0.4, -0.2) is 31.6 Å². The number of carbonyl (C=O) groups excluding carboxylic acids is 2. The first-order chi connectivity index (χ1) is 13.6. The van der Waals surface area contributed by atoms with Gasteiger partial charge in [0.05, 0.1) is 7.11 Å². The second-order valence-electron chi connectivity index (χ2n) is 7.97. The molecule has 1 atom stereocenters. The summed E-state index contributed by atoms with van der Waals surface area (Å²) < 4.78 is 4.59. The molecule has 0 aromatic heterocycles. The van der Waals surface area contributed by atoms with E-state index in [9.17, 15) is 9.59 Å². The molecule has 5 nitrogen and oxygen atoms in total. The van der Waals surface area contributed by atoms with Gasteiger partial charge in [-0.25, -0.2) is 0 Å². The van der Waals surface area contributed by atoms with Crippen LogP contribution >= 0.6 is 0 Å². The van der Waals surface area contributed by atoms with Crippen LogP contribution in [0.4, 0.5) is 0 Å². The summed E-state index contributed by atoms with van der Waals surface area (Å²) in [6.07, 6.45) is 20.0. The van der Waals surface area contributed by atoms with Gasteiger partial charge in [0.15, 0.2) is 0 Å². The summed E-state index contributed by atoms with van der Waals surface area (Å²) in [5, 5.41) is 2.95. The number of carbonyl (C=O) groups is 2. The third kappa shape index (κ3) is 18.3. The van der Waals surface area contributed by atoms with Gasteiger partial charge < -0.3 is 15.8 Å². The monoisotopic (exact) mass is 398 g/mol. The summed E-state index contributed by atoms with van der Waals surface area (Å²) in [4.78, 5) is 23.0. The molecule has 0 rings (SSSR count). The predicted molar refractivity (Wildman–Crippen MR) is 117 cm³/mol. The molecule has 1 amide bonds. The van der Waals surface area contributed by atoms with Crippen molar-refractivity contribution in [3.8, 4) is 0 Å². The van der Waals surface area contributed by atoms with Gasteiger partial charge in [0.25, 0.3) is 0 Å². The smallest absolute Gasteiger partial charge is 0.322 e. The highest BCUT2D eigenvalue weighted by molar-refractivity contribution is 5.76. The van der Waals surface area contributed by atoms with Gasteiger partial charge in [-0.15, -0.1) is 0 Å². The van der Waals surface area contributed by atoms with E-state index < -0.39 is 6.04 Å². The zero-order chi connectivity index (χ0) is 20.9.